The molecule has 0 aliphatic heterocycles. The number of carboxylic acids is 5. The third kappa shape index (κ3) is 24.5. The highest BCUT2D eigenvalue weighted by Crippen LogP contribution is 2.29. The van der Waals surface area contributed by atoms with E-state index in [2.05, 4.69) is 10.3 Å². The molecule has 0 aliphatic rings. The highest BCUT2D eigenvalue weighted by atomic mass is 16.5. The normalized spacial score (nSPS) is 13.4. The van der Waals surface area contributed by atoms with Crippen molar-refractivity contribution in [2.75, 3.05) is 25.0 Å². The van der Waals surface area contributed by atoms with E-state index in [1.165, 1.54) is 19.1 Å². The predicted molar refractivity (Wildman–Crippen MR) is 238 cm³/mol. The van der Waals surface area contributed by atoms with Crippen molar-refractivity contribution in [2.24, 2.45) is 45.9 Å². The van der Waals surface area contributed by atoms with Crippen molar-refractivity contribution < 1.29 is 59.0 Å². The van der Waals surface area contributed by atoms with Crippen LogP contribution >= 0.6 is 0 Å². The molecular weight excluding hydrogens is 825 g/mol. The fraction of sp³-hybridized carbons (Fsp3) is 0.512. The Bertz CT molecular complexity index is 1820. The van der Waals surface area contributed by atoms with Gasteiger partial charge >= 0.3 is 35.8 Å². The Kier molecular flexibility index (Phi) is 29.1. The molecule has 354 valence electrons. The zero-order chi connectivity index (χ0) is 48.1. The Labute approximate surface area is 366 Å². The van der Waals surface area contributed by atoms with Gasteiger partial charge in [0, 0.05) is 23.5 Å². The maximum absolute atomic E-state index is 12.6. The van der Waals surface area contributed by atoms with Gasteiger partial charge in [0.25, 0.3) is 0 Å². The number of carboxylic acid groups (broad SMARTS) is 5. The quantitative estimate of drug-likeness (QED) is 0.0304. The number of benzene rings is 2. The number of esters is 1. The molecule has 0 spiro atoms. The molecule has 63 heavy (non-hydrogen) atoms. The third-order valence-electron chi connectivity index (χ3n) is 8.99. The van der Waals surface area contributed by atoms with Crippen LogP contribution < -0.4 is 55.9 Å². The lowest BCUT2D eigenvalue weighted by atomic mass is 10.0. The number of carbonyl (C=O) groups excluding carboxylic acids is 1. The van der Waals surface area contributed by atoms with Crippen LogP contribution in [0.15, 0.2) is 48.7 Å². The molecule has 1 aromatic heterocycles. The first-order chi connectivity index (χ1) is 29.7. The molecule has 23 N–H and O–H groups in total. The first-order valence-electron chi connectivity index (χ1n) is 20.4. The van der Waals surface area contributed by atoms with Crippen LogP contribution in [0.1, 0.15) is 75.8 Å². The highest BCUT2D eigenvalue weighted by Gasteiger charge is 2.24. The van der Waals surface area contributed by atoms with Crippen LogP contribution in [0.2, 0.25) is 0 Å². The van der Waals surface area contributed by atoms with Gasteiger partial charge < -0.3 is 86.4 Å². The van der Waals surface area contributed by atoms with E-state index in [9.17, 15) is 39.0 Å². The van der Waals surface area contributed by atoms with Gasteiger partial charge in [-0.3, -0.25) is 19.2 Å². The van der Waals surface area contributed by atoms with Crippen molar-refractivity contribution in [1.29, 1.82) is 0 Å². The number of nitrogens with one attached hydrogen (secondary N) is 2. The zero-order valence-electron chi connectivity index (χ0n) is 35.7. The summed E-state index contributed by atoms with van der Waals surface area (Å²) in [5, 5.41) is 47.5. The van der Waals surface area contributed by atoms with Gasteiger partial charge in [-0.2, -0.15) is 0 Å². The van der Waals surface area contributed by atoms with Crippen molar-refractivity contribution in [2.45, 2.75) is 114 Å². The number of rotatable bonds is 25. The number of para-hydroxylation sites is 1. The van der Waals surface area contributed by atoms with Crippen molar-refractivity contribution in [3.63, 3.8) is 0 Å². The largest absolute Gasteiger partial charge is 0.480 e. The molecule has 2 aromatic carbocycles. The number of aromatic amines is 1. The minimum Gasteiger partial charge on any atom is -0.480 e. The summed E-state index contributed by atoms with van der Waals surface area (Å²) in [5.41, 5.74) is 45.2. The van der Waals surface area contributed by atoms with E-state index in [0.29, 0.717) is 50.9 Å². The first-order valence-corrected chi connectivity index (χ1v) is 20.4. The van der Waals surface area contributed by atoms with E-state index in [0.717, 1.165) is 48.6 Å². The van der Waals surface area contributed by atoms with Crippen LogP contribution in [0.4, 0.5) is 5.69 Å². The molecule has 22 nitrogen and oxygen atoms in total. The zero-order valence-corrected chi connectivity index (χ0v) is 35.7. The van der Waals surface area contributed by atoms with Crippen LogP contribution in [0.25, 0.3) is 10.9 Å². The van der Waals surface area contributed by atoms with Crippen LogP contribution in [-0.4, -0.2) is 122 Å². The number of carbonyl (C=O) groups is 6. The molecule has 3 rings (SSSR count). The van der Waals surface area contributed by atoms with Gasteiger partial charge in [0.2, 0.25) is 0 Å². The topological polar surface area (TPSA) is 449 Å². The number of aromatic nitrogens is 1. The first kappa shape index (κ1) is 57.3. The van der Waals surface area contributed by atoms with E-state index < -0.39 is 72.1 Å². The standard InChI is InChI=1S/C26H33N5O6.2C6H14N2O2.C3H7NO2/c27-10-4-3-6-18(28)26(36)37-23-9-8-15(11-19(29)24(32)33)12-21(23)31-22(25(34)35)13-16-14-30-20-7-2-1-5-17(16)20;2*7-4-2-1-3-5(8)6(9)10;1-2(4)3(5)6/h1-2,5,7-9,12,14,18-19,22,30-31H,3-4,6,10-11,13,27-29H2,(H,32,33)(H,34,35);2*5H,1-4,7-8H2,(H,9,10);2H,4H2,1H3,(H,5,6)/t18-,19-,22-;2*5-;2-/m0000/s1. The summed E-state index contributed by atoms with van der Waals surface area (Å²) in [7, 11) is 0. The molecular formula is C41H68N10O12. The van der Waals surface area contributed by atoms with E-state index in [4.69, 9.17) is 65.9 Å². The third-order valence-corrected chi connectivity index (χ3v) is 8.99. The summed E-state index contributed by atoms with van der Waals surface area (Å²) in [6, 6.07) is 6.85. The summed E-state index contributed by atoms with van der Waals surface area (Å²) < 4.78 is 5.53. The Hall–Kier alpha value is -5.72. The Morgan fingerprint density at radius 2 is 1.10 bits per heavy atom. The summed E-state index contributed by atoms with van der Waals surface area (Å²) in [5.74, 6) is -5.70. The maximum Gasteiger partial charge on any atom is 0.328 e. The molecule has 0 unspecified atom stereocenters. The lowest BCUT2D eigenvalue weighted by molar-refractivity contribution is -0.139. The number of unbranched alkanes of at least 4 members (excludes halogenated alkanes) is 3. The maximum atomic E-state index is 12.6. The number of hydrogen-bond donors (Lipinski definition) is 15. The molecule has 0 aliphatic carbocycles. The lowest BCUT2D eigenvalue weighted by Crippen LogP contribution is -2.35. The fourth-order valence-electron chi connectivity index (χ4n) is 5.23. The van der Waals surface area contributed by atoms with Crippen LogP contribution in [0.5, 0.6) is 5.75 Å². The highest BCUT2D eigenvalue weighted by molar-refractivity contribution is 5.86. The predicted octanol–water partition coefficient (Wildman–Crippen LogP) is 0.0646. The monoisotopic (exact) mass is 893 g/mol. The number of aliphatic carboxylic acids is 5. The number of fused-ring (bicyclic) bond motifs is 1. The van der Waals surface area contributed by atoms with Crippen molar-refractivity contribution in [1.82, 2.24) is 4.98 Å². The number of H-pyrrole nitrogens is 1. The Morgan fingerprint density at radius 1 is 0.619 bits per heavy atom. The number of nitrogens with two attached hydrogens (primary N) is 8. The van der Waals surface area contributed by atoms with Crippen LogP contribution in [-0.2, 0) is 41.6 Å². The molecule has 0 saturated heterocycles. The minimum atomic E-state index is -1.17. The van der Waals surface area contributed by atoms with Gasteiger partial charge in [-0.15, -0.1) is 0 Å². The summed E-state index contributed by atoms with van der Waals surface area (Å²) >= 11 is 0. The van der Waals surface area contributed by atoms with Gasteiger partial charge in [-0.25, -0.2) is 9.59 Å². The summed E-state index contributed by atoms with van der Waals surface area (Å²) in [6.07, 6.45) is 7.99. The van der Waals surface area contributed by atoms with Gasteiger partial charge in [-0.05, 0) is 101 Å². The van der Waals surface area contributed by atoms with E-state index in [1.54, 1.807) is 12.3 Å². The van der Waals surface area contributed by atoms with Gasteiger partial charge in [0.15, 0.2) is 5.75 Å². The Morgan fingerprint density at radius 3 is 1.54 bits per heavy atom. The molecule has 6 atom stereocenters. The average Bonchev–Trinajstić information content (AvgIpc) is 3.64. The molecule has 0 radical (unpaired) electrons. The number of anilines is 1. The Balaban J connectivity index is 0.00000119. The van der Waals surface area contributed by atoms with E-state index in [-0.39, 0.29) is 24.3 Å². The van der Waals surface area contributed by atoms with E-state index >= 15 is 0 Å². The molecule has 1 heterocycles. The van der Waals surface area contributed by atoms with Gasteiger partial charge in [0.1, 0.15) is 36.3 Å². The van der Waals surface area contributed by atoms with Crippen LogP contribution in [0.3, 0.4) is 0 Å². The molecule has 22 heteroatoms. The molecule has 3 aromatic rings. The molecule has 0 fully saturated rings. The van der Waals surface area contributed by atoms with Crippen LogP contribution in [0, 0.1) is 0 Å². The second-order valence-electron chi connectivity index (χ2n) is 14.5. The van der Waals surface area contributed by atoms with Gasteiger partial charge in [0.05, 0.1) is 5.69 Å². The SMILES string of the molecule is C[C@H](N)C(=O)O.NCCCC[C@H](N)C(=O)O.NCCCC[C@H](N)C(=O)O.NCCCC[C@H](N)C(=O)Oc1ccc(C[C@H](N)C(=O)O)cc1N[C@@H](Cc1c[nH]c2ccccc12)C(=O)O. The molecule has 0 amide bonds. The number of ether oxygens (including phenoxy) is 1. The fourth-order valence-corrected chi connectivity index (χ4v) is 5.23. The molecule has 0 saturated carbocycles. The summed E-state index contributed by atoms with van der Waals surface area (Å²) in [6.45, 7) is 3.11. The summed E-state index contributed by atoms with van der Waals surface area (Å²) in [4.78, 5) is 69.0. The van der Waals surface area contributed by atoms with E-state index in [1.807, 2.05) is 24.3 Å². The molecule has 0 bridgehead atoms. The lowest BCUT2D eigenvalue weighted by Gasteiger charge is -2.20. The number of hydrogen-bond acceptors (Lipinski definition) is 16. The van der Waals surface area contributed by atoms with Crippen molar-refractivity contribution in [3.8, 4) is 5.75 Å². The van der Waals surface area contributed by atoms with Crippen molar-refractivity contribution >= 4 is 52.4 Å². The smallest absolute Gasteiger partial charge is 0.328 e. The van der Waals surface area contributed by atoms with Gasteiger partial charge in [-0.1, -0.05) is 43.5 Å². The average molecular weight is 893 g/mol. The second-order valence-corrected chi connectivity index (χ2v) is 14.5. The minimum absolute atomic E-state index is 0.00295. The van der Waals surface area contributed by atoms with Crippen molar-refractivity contribution in [3.05, 3.63) is 59.8 Å². The second kappa shape index (κ2) is 32.0.